The zero-order valence-electron chi connectivity index (χ0n) is 10.5. The molecule has 3 N–H and O–H groups in total. The van der Waals surface area contributed by atoms with Crippen molar-refractivity contribution in [3.63, 3.8) is 0 Å². The Morgan fingerprint density at radius 3 is 2.60 bits per heavy atom. The Bertz CT molecular complexity index is 776. The van der Waals surface area contributed by atoms with Gasteiger partial charge in [0.05, 0.1) is 10.6 Å². The summed E-state index contributed by atoms with van der Waals surface area (Å²) in [6.07, 6.45) is 0. The summed E-state index contributed by atoms with van der Waals surface area (Å²) in [5.74, 6) is 0.261. The minimum absolute atomic E-state index is 0.156. The average molecular weight is 317 g/mol. The largest absolute Gasteiger partial charge is 0.385 e. The number of nitrogens with two attached hydrogens (primary N) is 1. The summed E-state index contributed by atoms with van der Waals surface area (Å²) in [6.45, 7) is 1.71. The van der Waals surface area contributed by atoms with E-state index in [0.29, 0.717) is 17.0 Å². The van der Waals surface area contributed by atoms with Crippen molar-refractivity contribution in [3.8, 4) is 0 Å². The molecule has 2 aromatic heterocycles. The first-order valence-electron chi connectivity index (χ1n) is 5.28. The van der Waals surface area contributed by atoms with Crippen LogP contribution in [0.5, 0.6) is 0 Å². The number of rotatable bonds is 4. The lowest BCUT2D eigenvalue weighted by Crippen LogP contribution is -2.14. The molecule has 0 fully saturated rings. The first-order chi connectivity index (χ1) is 9.20. The third-order valence-electron chi connectivity index (χ3n) is 2.42. The maximum Gasteiger partial charge on any atom is 0.304 e. The number of nitro groups is 1. The lowest BCUT2D eigenvalue weighted by atomic mass is 10.5. The van der Waals surface area contributed by atoms with Gasteiger partial charge < -0.3 is 5.73 Å². The van der Waals surface area contributed by atoms with Crippen LogP contribution in [-0.2, 0) is 17.1 Å². The number of hydrogen-bond acceptors (Lipinski definition) is 7. The summed E-state index contributed by atoms with van der Waals surface area (Å²) in [5, 5.41) is 14.5. The van der Waals surface area contributed by atoms with Crippen LogP contribution in [0.2, 0.25) is 0 Å². The smallest absolute Gasteiger partial charge is 0.304 e. The highest BCUT2D eigenvalue weighted by atomic mass is 32.2. The molecule has 0 saturated heterocycles. The van der Waals surface area contributed by atoms with Gasteiger partial charge in [0.15, 0.2) is 5.00 Å². The van der Waals surface area contributed by atoms with Crippen LogP contribution in [0, 0.1) is 17.0 Å². The van der Waals surface area contributed by atoms with Crippen molar-refractivity contribution in [1.82, 2.24) is 9.78 Å². The van der Waals surface area contributed by atoms with Gasteiger partial charge in [-0.1, -0.05) is 11.3 Å². The van der Waals surface area contributed by atoms with Gasteiger partial charge in [0.25, 0.3) is 10.0 Å². The number of anilines is 2. The molecule has 0 spiro atoms. The molecular formula is C9H11N5O4S2. The summed E-state index contributed by atoms with van der Waals surface area (Å²) >= 11 is 0.638. The molecule has 2 aromatic rings. The fraction of sp³-hybridized carbons (Fsp3) is 0.222. The third kappa shape index (κ3) is 2.58. The Morgan fingerprint density at radius 2 is 2.15 bits per heavy atom. The minimum atomic E-state index is -3.93. The number of nitrogen functional groups attached to an aromatic ring is 1. The van der Waals surface area contributed by atoms with E-state index in [4.69, 9.17) is 5.73 Å². The molecule has 0 unspecified atom stereocenters. The van der Waals surface area contributed by atoms with E-state index in [2.05, 4.69) is 9.82 Å². The standard InChI is InChI=1S/C9H11N5O4S2/c1-5-3-7(13(2)11-5)12-20(17,18)8-4-6(14(15)16)9(10)19-8/h3-4,12H,10H2,1-2H3. The number of nitrogens with one attached hydrogen (secondary N) is 1. The number of hydrogen-bond donors (Lipinski definition) is 2. The van der Waals surface area contributed by atoms with E-state index in [0.717, 1.165) is 6.07 Å². The van der Waals surface area contributed by atoms with Crippen LogP contribution in [0.4, 0.5) is 16.5 Å². The number of aromatic nitrogens is 2. The summed E-state index contributed by atoms with van der Waals surface area (Å²) in [6, 6.07) is 2.48. The van der Waals surface area contributed by atoms with Crippen molar-refractivity contribution >= 4 is 37.9 Å². The van der Waals surface area contributed by atoms with Crippen molar-refractivity contribution < 1.29 is 13.3 Å². The van der Waals surface area contributed by atoms with Crippen LogP contribution in [0.1, 0.15) is 5.69 Å². The molecule has 2 rings (SSSR count). The van der Waals surface area contributed by atoms with Gasteiger partial charge in [0.2, 0.25) is 0 Å². The molecule has 0 bridgehead atoms. The van der Waals surface area contributed by atoms with Gasteiger partial charge in [0, 0.05) is 19.2 Å². The average Bonchev–Trinajstić information content (AvgIpc) is 2.83. The molecule has 0 radical (unpaired) electrons. The van der Waals surface area contributed by atoms with E-state index in [1.165, 1.54) is 4.68 Å². The lowest BCUT2D eigenvalue weighted by molar-refractivity contribution is -0.383. The molecule has 0 aromatic carbocycles. The minimum Gasteiger partial charge on any atom is -0.385 e. The predicted octanol–water partition coefficient (Wildman–Crippen LogP) is 1.08. The molecule has 2 heterocycles. The van der Waals surface area contributed by atoms with Gasteiger partial charge in [-0.25, -0.2) is 8.42 Å². The molecule has 0 aliphatic heterocycles. The molecule has 20 heavy (non-hydrogen) atoms. The number of nitrogens with zero attached hydrogens (tertiary/aromatic N) is 3. The molecule has 0 aliphatic carbocycles. The Kier molecular flexibility index (Phi) is 3.39. The van der Waals surface area contributed by atoms with Crippen molar-refractivity contribution in [2.75, 3.05) is 10.5 Å². The van der Waals surface area contributed by atoms with E-state index in [-0.39, 0.29) is 15.0 Å². The number of thiophene rings is 1. The van der Waals surface area contributed by atoms with E-state index < -0.39 is 20.6 Å². The Labute approximate surface area is 118 Å². The molecule has 108 valence electrons. The summed E-state index contributed by atoms with van der Waals surface area (Å²) in [7, 11) is -2.35. The van der Waals surface area contributed by atoms with Gasteiger partial charge in [-0.05, 0) is 6.92 Å². The molecule has 11 heteroatoms. The highest BCUT2D eigenvalue weighted by Crippen LogP contribution is 2.35. The lowest BCUT2D eigenvalue weighted by Gasteiger charge is -2.05. The van der Waals surface area contributed by atoms with Crippen molar-refractivity contribution in [1.29, 1.82) is 0 Å². The number of aryl methyl sites for hydroxylation is 2. The predicted molar refractivity (Wildman–Crippen MR) is 74.1 cm³/mol. The monoisotopic (exact) mass is 317 g/mol. The van der Waals surface area contributed by atoms with Gasteiger partial charge in [-0.2, -0.15) is 5.10 Å². The van der Waals surface area contributed by atoms with Crippen LogP contribution in [0.25, 0.3) is 0 Å². The second kappa shape index (κ2) is 4.76. The Hall–Kier alpha value is -2.14. The van der Waals surface area contributed by atoms with E-state index in [1.54, 1.807) is 20.0 Å². The van der Waals surface area contributed by atoms with E-state index in [9.17, 15) is 18.5 Å². The zero-order valence-corrected chi connectivity index (χ0v) is 12.2. The Balaban J connectivity index is 2.38. The zero-order chi connectivity index (χ0) is 15.1. The summed E-state index contributed by atoms with van der Waals surface area (Å²) < 4.78 is 27.7. The first-order valence-corrected chi connectivity index (χ1v) is 7.58. The molecular weight excluding hydrogens is 306 g/mol. The number of sulfonamides is 1. The summed E-state index contributed by atoms with van der Waals surface area (Å²) in [5.41, 5.74) is 5.65. The molecule has 9 nitrogen and oxygen atoms in total. The van der Waals surface area contributed by atoms with Gasteiger partial charge in [-0.3, -0.25) is 19.5 Å². The fourth-order valence-corrected chi connectivity index (χ4v) is 3.83. The third-order valence-corrected chi connectivity index (χ3v) is 5.20. The normalized spacial score (nSPS) is 11.5. The molecule has 0 atom stereocenters. The maximum absolute atomic E-state index is 12.1. The molecule has 0 saturated carbocycles. The van der Waals surface area contributed by atoms with Gasteiger partial charge in [0.1, 0.15) is 10.0 Å². The second-order valence-corrected chi connectivity index (χ2v) is 6.97. The molecule has 0 aliphatic rings. The van der Waals surface area contributed by atoms with Crippen molar-refractivity contribution in [3.05, 3.63) is 27.9 Å². The Morgan fingerprint density at radius 1 is 1.50 bits per heavy atom. The second-order valence-electron chi connectivity index (χ2n) is 3.97. The van der Waals surface area contributed by atoms with Crippen LogP contribution < -0.4 is 10.5 Å². The van der Waals surface area contributed by atoms with Crippen LogP contribution in [0.3, 0.4) is 0 Å². The highest BCUT2D eigenvalue weighted by molar-refractivity contribution is 7.94. The fourth-order valence-electron chi connectivity index (χ4n) is 1.54. The SMILES string of the molecule is Cc1cc(NS(=O)(=O)c2cc([N+](=O)[O-])c(N)s2)n(C)n1. The molecule has 0 amide bonds. The first kappa shape index (κ1) is 14.3. The van der Waals surface area contributed by atoms with Crippen LogP contribution in [0.15, 0.2) is 16.3 Å². The van der Waals surface area contributed by atoms with Crippen molar-refractivity contribution in [2.45, 2.75) is 11.1 Å². The van der Waals surface area contributed by atoms with Gasteiger partial charge >= 0.3 is 5.69 Å². The van der Waals surface area contributed by atoms with Gasteiger partial charge in [-0.15, -0.1) is 0 Å². The van der Waals surface area contributed by atoms with Crippen LogP contribution in [-0.4, -0.2) is 23.1 Å². The van der Waals surface area contributed by atoms with E-state index in [1.807, 2.05) is 0 Å². The quantitative estimate of drug-likeness (QED) is 0.640. The maximum atomic E-state index is 12.1. The highest BCUT2D eigenvalue weighted by Gasteiger charge is 2.25. The van der Waals surface area contributed by atoms with Crippen LogP contribution >= 0.6 is 11.3 Å². The summed E-state index contributed by atoms with van der Waals surface area (Å²) in [4.78, 5) is 9.96. The van der Waals surface area contributed by atoms with Crippen molar-refractivity contribution in [2.24, 2.45) is 7.05 Å². The topological polar surface area (TPSA) is 133 Å². The van der Waals surface area contributed by atoms with E-state index >= 15 is 0 Å².